The normalized spacial score (nSPS) is 24.6. The van der Waals surface area contributed by atoms with Gasteiger partial charge in [-0.05, 0) is 18.4 Å². The second-order valence-corrected chi connectivity index (χ2v) is 3.95. The largest absolute Gasteiger partial charge is 0.376 e. The van der Waals surface area contributed by atoms with Crippen LogP contribution in [0.25, 0.3) is 0 Å². The smallest absolute Gasteiger partial charge is 0.244 e. The predicted molar refractivity (Wildman–Crippen MR) is 55.3 cm³/mol. The van der Waals surface area contributed by atoms with Gasteiger partial charge >= 0.3 is 0 Å². The van der Waals surface area contributed by atoms with E-state index in [-0.39, 0.29) is 11.9 Å². The van der Waals surface area contributed by atoms with Gasteiger partial charge in [-0.15, -0.1) is 0 Å². The Morgan fingerprint density at radius 1 is 1.57 bits per heavy atom. The molecule has 1 radical (unpaired) electrons. The molecule has 0 saturated carbocycles. The summed E-state index contributed by atoms with van der Waals surface area (Å²) in [6.07, 6.45) is 8.04. The second-order valence-electron chi connectivity index (χ2n) is 3.95. The van der Waals surface area contributed by atoms with Crippen molar-refractivity contribution in [2.75, 3.05) is 14.1 Å². The SMILES string of the molecule is CN(C)C(=O)C1CC2=C([CH]C=CC2)N1. The summed E-state index contributed by atoms with van der Waals surface area (Å²) < 4.78 is 0. The van der Waals surface area contributed by atoms with Crippen LogP contribution in [0, 0.1) is 6.42 Å². The Labute approximate surface area is 84.5 Å². The molecule has 1 aliphatic heterocycles. The maximum atomic E-state index is 11.7. The Morgan fingerprint density at radius 3 is 3.00 bits per heavy atom. The van der Waals surface area contributed by atoms with Crippen molar-refractivity contribution in [3.8, 4) is 0 Å². The van der Waals surface area contributed by atoms with E-state index in [1.807, 2.05) is 12.5 Å². The molecule has 0 saturated heterocycles. The van der Waals surface area contributed by atoms with E-state index in [0.717, 1.165) is 18.5 Å². The van der Waals surface area contributed by atoms with Crippen molar-refractivity contribution < 1.29 is 4.79 Å². The first kappa shape index (κ1) is 9.31. The quantitative estimate of drug-likeness (QED) is 0.666. The molecular weight excluding hydrogens is 176 g/mol. The van der Waals surface area contributed by atoms with E-state index in [1.165, 1.54) is 5.57 Å². The zero-order valence-electron chi connectivity index (χ0n) is 8.58. The average molecular weight is 191 g/mol. The minimum absolute atomic E-state index is 0.0499. The average Bonchev–Trinajstić information content (AvgIpc) is 2.59. The highest BCUT2D eigenvalue weighted by Gasteiger charge is 2.29. The summed E-state index contributed by atoms with van der Waals surface area (Å²) in [5.41, 5.74) is 2.50. The van der Waals surface area contributed by atoms with E-state index in [9.17, 15) is 4.79 Å². The molecule has 1 amide bonds. The molecule has 1 heterocycles. The number of carbonyl (C=O) groups is 1. The molecule has 1 N–H and O–H groups in total. The van der Waals surface area contributed by atoms with E-state index in [1.54, 1.807) is 19.0 Å². The first-order valence-corrected chi connectivity index (χ1v) is 4.88. The monoisotopic (exact) mass is 191 g/mol. The van der Waals surface area contributed by atoms with Gasteiger partial charge in [0.05, 0.1) is 0 Å². The fraction of sp³-hybridized carbons (Fsp3) is 0.455. The lowest BCUT2D eigenvalue weighted by Crippen LogP contribution is -2.40. The zero-order valence-corrected chi connectivity index (χ0v) is 8.58. The minimum Gasteiger partial charge on any atom is -0.376 e. The molecule has 0 bridgehead atoms. The van der Waals surface area contributed by atoms with Gasteiger partial charge in [-0.2, -0.15) is 0 Å². The summed E-state index contributed by atoms with van der Waals surface area (Å²) in [6, 6.07) is -0.0499. The van der Waals surface area contributed by atoms with Crippen LogP contribution in [0.3, 0.4) is 0 Å². The van der Waals surface area contributed by atoms with Crippen LogP contribution in [-0.4, -0.2) is 30.9 Å². The number of amides is 1. The summed E-state index contributed by atoms with van der Waals surface area (Å²) in [5, 5.41) is 3.26. The fourth-order valence-electron chi connectivity index (χ4n) is 1.89. The first-order chi connectivity index (χ1) is 6.68. The molecule has 0 aromatic rings. The van der Waals surface area contributed by atoms with Crippen LogP contribution in [0.5, 0.6) is 0 Å². The van der Waals surface area contributed by atoms with Crippen molar-refractivity contribution in [2.45, 2.75) is 18.9 Å². The van der Waals surface area contributed by atoms with Crippen molar-refractivity contribution in [1.82, 2.24) is 10.2 Å². The van der Waals surface area contributed by atoms with Crippen LogP contribution in [0.15, 0.2) is 23.4 Å². The van der Waals surface area contributed by atoms with Gasteiger partial charge in [0.1, 0.15) is 6.04 Å². The van der Waals surface area contributed by atoms with Crippen molar-refractivity contribution in [1.29, 1.82) is 0 Å². The molecule has 1 aliphatic carbocycles. The van der Waals surface area contributed by atoms with E-state index < -0.39 is 0 Å². The Balaban J connectivity index is 2.01. The van der Waals surface area contributed by atoms with E-state index in [0.29, 0.717) is 0 Å². The van der Waals surface area contributed by atoms with E-state index >= 15 is 0 Å². The van der Waals surface area contributed by atoms with Gasteiger partial charge in [0.2, 0.25) is 5.91 Å². The lowest BCUT2D eigenvalue weighted by atomic mass is 10.0. The van der Waals surface area contributed by atoms with Crippen LogP contribution in [-0.2, 0) is 4.79 Å². The van der Waals surface area contributed by atoms with Gasteiger partial charge in [0, 0.05) is 26.2 Å². The Morgan fingerprint density at radius 2 is 2.36 bits per heavy atom. The molecular formula is C11H15N2O. The number of nitrogens with one attached hydrogen (secondary N) is 1. The van der Waals surface area contributed by atoms with Gasteiger partial charge < -0.3 is 10.2 Å². The van der Waals surface area contributed by atoms with Crippen molar-refractivity contribution >= 4 is 5.91 Å². The third-order valence-electron chi connectivity index (χ3n) is 2.66. The third kappa shape index (κ3) is 1.54. The van der Waals surface area contributed by atoms with Crippen LogP contribution < -0.4 is 5.32 Å². The van der Waals surface area contributed by atoms with Crippen LogP contribution in [0.4, 0.5) is 0 Å². The summed E-state index contributed by atoms with van der Waals surface area (Å²) in [6.45, 7) is 0. The minimum atomic E-state index is -0.0499. The molecule has 0 spiro atoms. The van der Waals surface area contributed by atoms with Crippen molar-refractivity contribution in [3.05, 3.63) is 29.8 Å². The fourth-order valence-corrected chi connectivity index (χ4v) is 1.89. The molecule has 1 unspecified atom stereocenters. The summed E-state index contributed by atoms with van der Waals surface area (Å²) in [5.74, 6) is 0.160. The zero-order chi connectivity index (χ0) is 10.1. The number of hydrogen-bond acceptors (Lipinski definition) is 2. The van der Waals surface area contributed by atoms with Gasteiger partial charge in [0.25, 0.3) is 0 Å². The highest BCUT2D eigenvalue weighted by atomic mass is 16.2. The molecule has 0 aromatic carbocycles. The molecule has 0 fully saturated rings. The third-order valence-corrected chi connectivity index (χ3v) is 2.66. The van der Waals surface area contributed by atoms with Crippen molar-refractivity contribution in [2.24, 2.45) is 0 Å². The maximum absolute atomic E-state index is 11.7. The van der Waals surface area contributed by atoms with Crippen LogP contribution >= 0.6 is 0 Å². The molecule has 2 aliphatic rings. The van der Waals surface area contributed by atoms with Crippen molar-refractivity contribution in [3.63, 3.8) is 0 Å². The van der Waals surface area contributed by atoms with Gasteiger partial charge in [-0.1, -0.05) is 12.2 Å². The van der Waals surface area contributed by atoms with Crippen LogP contribution in [0.2, 0.25) is 0 Å². The second kappa shape index (κ2) is 3.48. The number of nitrogens with zero attached hydrogens (tertiary/aromatic N) is 1. The summed E-state index contributed by atoms with van der Waals surface area (Å²) >= 11 is 0. The molecule has 1 atom stereocenters. The maximum Gasteiger partial charge on any atom is 0.244 e. The Hall–Kier alpha value is -1.25. The molecule has 0 aromatic heterocycles. The molecule has 75 valence electrons. The van der Waals surface area contributed by atoms with E-state index in [2.05, 4.69) is 11.4 Å². The molecule has 3 nitrogen and oxygen atoms in total. The number of likely N-dealkylation sites (N-methyl/N-ethyl adjacent to an activating group) is 1. The van der Waals surface area contributed by atoms with Gasteiger partial charge in [0.15, 0.2) is 0 Å². The van der Waals surface area contributed by atoms with Gasteiger partial charge in [-0.25, -0.2) is 0 Å². The standard InChI is InChI=1S/C11H15N2O/c1-13(2)11(14)10-7-8-5-3-4-6-9(8)12-10/h3-4,6,10,12H,5,7H2,1-2H3. The molecule has 14 heavy (non-hydrogen) atoms. The summed E-state index contributed by atoms with van der Waals surface area (Å²) in [4.78, 5) is 13.3. The lowest BCUT2D eigenvalue weighted by Gasteiger charge is -2.17. The van der Waals surface area contributed by atoms with E-state index in [4.69, 9.17) is 0 Å². The Bertz CT molecular complexity index is 295. The first-order valence-electron chi connectivity index (χ1n) is 4.88. The number of allylic oxidation sites excluding steroid dienone is 2. The molecule has 2 rings (SSSR count). The highest BCUT2D eigenvalue weighted by molar-refractivity contribution is 5.83. The number of hydrogen-bond donors (Lipinski definition) is 1. The number of rotatable bonds is 1. The predicted octanol–water partition coefficient (Wildman–Crippen LogP) is 0.855. The highest BCUT2D eigenvalue weighted by Crippen LogP contribution is 2.27. The lowest BCUT2D eigenvalue weighted by molar-refractivity contribution is -0.130. The molecule has 3 heteroatoms. The van der Waals surface area contributed by atoms with Crippen LogP contribution in [0.1, 0.15) is 12.8 Å². The van der Waals surface area contributed by atoms with Gasteiger partial charge in [-0.3, -0.25) is 4.79 Å². The topological polar surface area (TPSA) is 32.3 Å². The summed E-state index contributed by atoms with van der Waals surface area (Å²) in [7, 11) is 3.59. The number of carbonyl (C=O) groups excluding carboxylic acids is 1. The Kier molecular flexibility index (Phi) is 2.32.